The summed E-state index contributed by atoms with van der Waals surface area (Å²) in [5.74, 6) is 0.604. The fourth-order valence-corrected chi connectivity index (χ4v) is 3.35. The molecule has 1 heterocycles. The first-order valence-electron chi connectivity index (χ1n) is 7.54. The fourth-order valence-electron chi connectivity index (χ4n) is 2.23. The van der Waals surface area contributed by atoms with Crippen LogP contribution in [0.5, 0.6) is 5.75 Å². The van der Waals surface area contributed by atoms with Crippen molar-refractivity contribution in [2.24, 2.45) is 0 Å². The van der Waals surface area contributed by atoms with E-state index < -0.39 is 9.84 Å². The Morgan fingerprint density at radius 2 is 1.80 bits per heavy atom. The summed E-state index contributed by atoms with van der Waals surface area (Å²) < 4.78 is 31.4. The van der Waals surface area contributed by atoms with Crippen LogP contribution in [0.3, 0.4) is 0 Å². The Kier molecular flexibility index (Phi) is 4.94. The Bertz CT molecular complexity index is 924. The van der Waals surface area contributed by atoms with E-state index in [2.05, 4.69) is 20.8 Å². The Hall–Kier alpha value is -2.94. The predicted molar refractivity (Wildman–Crippen MR) is 92.7 cm³/mol. The molecular formula is C16H17N5O3S. The van der Waals surface area contributed by atoms with Gasteiger partial charge in [0.2, 0.25) is 9.84 Å². The third-order valence-electron chi connectivity index (χ3n) is 3.51. The maximum absolute atomic E-state index is 12.6. The minimum absolute atomic E-state index is 0.133. The van der Waals surface area contributed by atoms with Crippen molar-refractivity contribution in [2.45, 2.75) is 5.16 Å². The molecule has 0 saturated heterocycles. The van der Waals surface area contributed by atoms with Crippen LogP contribution in [-0.2, 0) is 9.84 Å². The van der Waals surface area contributed by atoms with Crippen molar-refractivity contribution >= 4 is 15.5 Å². The van der Waals surface area contributed by atoms with Crippen molar-refractivity contribution in [3.05, 3.63) is 54.6 Å². The second-order valence-electron chi connectivity index (χ2n) is 5.18. The molecule has 9 heteroatoms. The molecule has 3 rings (SSSR count). The van der Waals surface area contributed by atoms with Crippen molar-refractivity contribution in [2.75, 3.05) is 24.7 Å². The molecule has 0 radical (unpaired) electrons. The van der Waals surface area contributed by atoms with E-state index >= 15 is 0 Å². The number of methoxy groups -OCH3 is 1. The van der Waals surface area contributed by atoms with Crippen molar-refractivity contribution in [1.29, 1.82) is 0 Å². The summed E-state index contributed by atoms with van der Waals surface area (Å²) in [5.41, 5.74) is 1.40. The molecule has 0 saturated carbocycles. The lowest BCUT2D eigenvalue weighted by atomic mass is 10.3. The van der Waals surface area contributed by atoms with Gasteiger partial charge in [0.05, 0.1) is 18.6 Å². The molecule has 0 aliphatic carbocycles. The standard InChI is InChI=1S/C16H17N5O3S/c1-24-15-9-7-13(8-10-15)17-11-12-25(22,23)16-18-19-20-21(16)14-5-3-2-4-6-14/h2-10,17H,11-12H2,1H3. The van der Waals surface area contributed by atoms with E-state index in [-0.39, 0.29) is 17.5 Å². The first-order valence-corrected chi connectivity index (χ1v) is 9.20. The number of rotatable bonds is 7. The summed E-state index contributed by atoms with van der Waals surface area (Å²) in [6.45, 7) is 0.232. The van der Waals surface area contributed by atoms with Gasteiger partial charge in [0, 0.05) is 12.2 Å². The van der Waals surface area contributed by atoms with Gasteiger partial charge >= 0.3 is 0 Å². The fraction of sp³-hybridized carbons (Fsp3) is 0.188. The Morgan fingerprint density at radius 3 is 2.48 bits per heavy atom. The molecule has 0 amide bonds. The molecule has 0 unspecified atom stereocenters. The number of nitrogens with one attached hydrogen (secondary N) is 1. The second kappa shape index (κ2) is 7.31. The van der Waals surface area contributed by atoms with Crippen LogP contribution >= 0.6 is 0 Å². The van der Waals surface area contributed by atoms with Crippen molar-refractivity contribution in [1.82, 2.24) is 20.2 Å². The van der Waals surface area contributed by atoms with E-state index in [1.807, 2.05) is 18.2 Å². The van der Waals surface area contributed by atoms with Gasteiger partial charge in [-0.3, -0.25) is 0 Å². The topological polar surface area (TPSA) is 99.0 Å². The summed E-state index contributed by atoms with van der Waals surface area (Å²) in [6, 6.07) is 16.1. The predicted octanol–water partition coefficient (Wildman–Crippen LogP) is 1.56. The molecule has 1 N–H and O–H groups in total. The maximum atomic E-state index is 12.6. The quantitative estimate of drug-likeness (QED) is 0.683. The van der Waals surface area contributed by atoms with Gasteiger partial charge in [-0.15, -0.1) is 0 Å². The van der Waals surface area contributed by atoms with Gasteiger partial charge in [-0.05, 0) is 46.8 Å². The molecule has 0 aliphatic rings. The van der Waals surface area contributed by atoms with E-state index in [1.54, 1.807) is 43.5 Å². The Labute approximate surface area is 145 Å². The average Bonchev–Trinajstić information content (AvgIpc) is 3.14. The van der Waals surface area contributed by atoms with Crippen molar-refractivity contribution in [3.63, 3.8) is 0 Å². The normalized spacial score (nSPS) is 11.2. The van der Waals surface area contributed by atoms with Gasteiger partial charge in [0.25, 0.3) is 5.16 Å². The van der Waals surface area contributed by atoms with Gasteiger partial charge < -0.3 is 10.1 Å². The lowest BCUT2D eigenvalue weighted by Gasteiger charge is -2.08. The van der Waals surface area contributed by atoms with Crippen LogP contribution in [0.15, 0.2) is 59.8 Å². The molecular weight excluding hydrogens is 342 g/mol. The van der Waals surface area contributed by atoms with Gasteiger partial charge in [0.15, 0.2) is 0 Å². The van der Waals surface area contributed by atoms with E-state index in [9.17, 15) is 8.42 Å². The zero-order chi connectivity index (χ0) is 17.7. The molecule has 2 aromatic carbocycles. The largest absolute Gasteiger partial charge is 0.497 e. The number of hydrogen-bond acceptors (Lipinski definition) is 7. The van der Waals surface area contributed by atoms with E-state index in [4.69, 9.17) is 4.74 Å². The SMILES string of the molecule is COc1ccc(NCCS(=O)(=O)c2nnnn2-c2ccccc2)cc1. The third kappa shape index (κ3) is 3.94. The molecule has 25 heavy (non-hydrogen) atoms. The molecule has 8 nitrogen and oxygen atoms in total. The average molecular weight is 359 g/mol. The molecule has 1 aromatic heterocycles. The van der Waals surface area contributed by atoms with Crippen LogP contribution in [0.25, 0.3) is 5.69 Å². The maximum Gasteiger partial charge on any atom is 0.272 e. The van der Waals surface area contributed by atoms with Crippen LogP contribution in [-0.4, -0.2) is 48.0 Å². The number of benzene rings is 2. The highest BCUT2D eigenvalue weighted by Gasteiger charge is 2.23. The van der Waals surface area contributed by atoms with Gasteiger partial charge in [-0.25, -0.2) is 8.42 Å². The minimum Gasteiger partial charge on any atom is -0.497 e. The number of ether oxygens (including phenoxy) is 1. The molecule has 0 atom stereocenters. The van der Waals surface area contributed by atoms with Gasteiger partial charge in [-0.1, -0.05) is 23.3 Å². The number of aromatic nitrogens is 4. The molecule has 0 bridgehead atoms. The second-order valence-corrected chi connectivity index (χ2v) is 7.19. The molecule has 0 fully saturated rings. The third-order valence-corrected chi connectivity index (χ3v) is 5.06. The first kappa shape index (κ1) is 16.9. The van der Waals surface area contributed by atoms with E-state index in [1.165, 1.54) is 4.68 Å². The highest BCUT2D eigenvalue weighted by molar-refractivity contribution is 7.91. The number of hydrogen-bond donors (Lipinski definition) is 1. The van der Waals surface area contributed by atoms with Crippen LogP contribution in [0.2, 0.25) is 0 Å². The Balaban J connectivity index is 1.69. The zero-order valence-corrected chi connectivity index (χ0v) is 14.3. The zero-order valence-electron chi connectivity index (χ0n) is 13.5. The number of para-hydroxylation sites is 1. The number of tetrazole rings is 1. The van der Waals surface area contributed by atoms with Crippen LogP contribution < -0.4 is 10.1 Å². The smallest absolute Gasteiger partial charge is 0.272 e. The number of anilines is 1. The molecule has 0 aliphatic heterocycles. The minimum atomic E-state index is -3.64. The highest BCUT2D eigenvalue weighted by atomic mass is 32.2. The lowest BCUT2D eigenvalue weighted by molar-refractivity contribution is 0.415. The first-order chi connectivity index (χ1) is 12.1. The summed E-state index contributed by atoms with van der Waals surface area (Å²) >= 11 is 0. The number of nitrogens with zero attached hydrogens (tertiary/aromatic N) is 4. The lowest BCUT2D eigenvalue weighted by Crippen LogP contribution is -2.19. The number of sulfone groups is 1. The van der Waals surface area contributed by atoms with Crippen LogP contribution in [0, 0.1) is 0 Å². The molecule has 0 spiro atoms. The summed E-state index contributed by atoms with van der Waals surface area (Å²) in [4.78, 5) is 0. The Morgan fingerprint density at radius 1 is 1.08 bits per heavy atom. The summed E-state index contributed by atoms with van der Waals surface area (Å²) in [5, 5.41) is 13.9. The van der Waals surface area contributed by atoms with Gasteiger partial charge in [-0.2, -0.15) is 4.68 Å². The van der Waals surface area contributed by atoms with Crippen LogP contribution in [0.4, 0.5) is 5.69 Å². The van der Waals surface area contributed by atoms with Crippen LogP contribution in [0.1, 0.15) is 0 Å². The van der Waals surface area contributed by atoms with Crippen molar-refractivity contribution < 1.29 is 13.2 Å². The summed E-state index contributed by atoms with van der Waals surface area (Å²) in [6.07, 6.45) is 0. The van der Waals surface area contributed by atoms with Crippen molar-refractivity contribution in [3.8, 4) is 11.4 Å². The molecule has 3 aromatic rings. The summed E-state index contributed by atoms with van der Waals surface area (Å²) in [7, 11) is -2.05. The molecule has 130 valence electrons. The monoisotopic (exact) mass is 359 g/mol. The van der Waals surface area contributed by atoms with Gasteiger partial charge in [0.1, 0.15) is 5.75 Å². The highest BCUT2D eigenvalue weighted by Crippen LogP contribution is 2.16. The van der Waals surface area contributed by atoms with E-state index in [0.717, 1.165) is 11.4 Å². The van der Waals surface area contributed by atoms with E-state index in [0.29, 0.717) is 5.69 Å².